The first-order chi connectivity index (χ1) is 7.18. The third-order valence-electron chi connectivity index (χ3n) is 3.70. The van der Waals surface area contributed by atoms with Gasteiger partial charge >= 0.3 is 0 Å². The fraction of sp³-hybridized carbons (Fsp3) is 0.538. The van der Waals surface area contributed by atoms with Gasteiger partial charge in [0.05, 0.1) is 0 Å². The van der Waals surface area contributed by atoms with Gasteiger partial charge in [-0.3, -0.25) is 4.90 Å². The Balaban J connectivity index is 2.29. The van der Waals surface area contributed by atoms with Crippen LogP contribution < -0.4 is 0 Å². The molecule has 1 aliphatic heterocycles. The molecule has 0 amide bonds. The van der Waals surface area contributed by atoms with E-state index in [1.807, 2.05) is 30.3 Å². The van der Waals surface area contributed by atoms with Crippen LogP contribution in [0.3, 0.4) is 0 Å². The van der Waals surface area contributed by atoms with Crippen LogP contribution in [0.1, 0.15) is 25.8 Å². The van der Waals surface area contributed by atoms with Crippen molar-refractivity contribution in [1.82, 2.24) is 4.90 Å². The van der Waals surface area contributed by atoms with Crippen molar-refractivity contribution >= 4 is 0 Å². The number of likely N-dealkylation sites (N-methyl/N-ethyl adjacent to an activating group) is 1. The summed E-state index contributed by atoms with van der Waals surface area (Å²) in [6.07, 6.45) is 0.839. The molecule has 2 rings (SSSR count). The van der Waals surface area contributed by atoms with Crippen LogP contribution in [0.15, 0.2) is 30.3 Å². The van der Waals surface area contributed by atoms with Crippen molar-refractivity contribution in [3.8, 4) is 0 Å². The van der Waals surface area contributed by atoms with Crippen LogP contribution in [0.5, 0.6) is 0 Å². The van der Waals surface area contributed by atoms with Crippen LogP contribution in [0, 0.1) is 0 Å². The minimum absolute atomic E-state index is 0.213. The number of aliphatic hydroxyl groups is 1. The molecule has 0 radical (unpaired) electrons. The fourth-order valence-corrected chi connectivity index (χ4v) is 2.56. The van der Waals surface area contributed by atoms with Gasteiger partial charge in [0.2, 0.25) is 0 Å². The Bertz CT molecular complexity index is 325. The van der Waals surface area contributed by atoms with E-state index < -0.39 is 5.60 Å². The van der Waals surface area contributed by atoms with Crippen molar-refractivity contribution in [3.63, 3.8) is 0 Å². The summed E-state index contributed by atoms with van der Waals surface area (Å²) in [6, 6.07) is 10.2. The molecular weight excluding hydrogens is 186 g/mol. The Morgan fingerprint density at radius 2 is 2.07 bits per heavy atom. The average Bonchev–Trinajstić information content (AvgIpc) is 2.58. The first kappa shape index (κ1) is 10.7. The maximum atomic E-state index is 10.7. The minimum atomic E-state index is -0.655. The Hall–Kier alpha value is -0.860. The fourth-order valence-electron chi connectivity index (χ4n) is 2.56. The van der Waals surface area contributed by atoms with E-state index >= 15 is 0 Å². The molecule has 15 heavy (non-hydrogen) atoms. The lowest BCUT2D eigenvalue weighted by atomic mass is 9.87. The molecule has 0 bridgehead atoms. The lowest BCUT2D eigenvalue weighted by molar-refractivity contribution is 0.00723. The first-order valence-electron chi connectivity index (χ1n) is 5.70. The monoisotopic (exact) mass is 205 g/mol. The van der Waals surface area contributed by atoms with Gasteiger partial charge in [-0.15, -0.1) is 0 Å². The number of hydrogen-bond donors (Lipinski definition) is 1. The lowest BCUT2D eigenvalue weighted by Gasteiger charge is -2.31. The molecule has 1 aromatic carbocycles. The number of rotatable bonds is 2. The zero-order valence-electron chi connectivity index (χ0n) is 9.48. The highest BCUT2D eigenvalue weighted by molar-refractivity contribution is 5.25. The molecule has 0 saturated carbocycles. The van der Waals surface area contributed by atoms with Gasteiger partial charge in [-0.1, -0.05) is 37.3 Å². The predicted octanol–water partition coefficient (Wildman–Crippen LogP) is 1.99. The average molecular weight is 205 g/mol. The summed E-state index contributed by atoms with van der Waals surface area (Å²) in [4.78, 5) is 2.33. The molecule has 0 spiro atoms. The molecule has 1 aromatic rings. The third-order valence-corrected chi connectivity index (χ3v) is 3.70. The molecule has 1 N–H and O–H groups in total. The van der Waals surface area contributed by atoms with Crippen molar-refractivity contribution in [3.05, 3.63) is 35.9 Å². The summed E-state index contributed by atoms with van der Waals surface area (Å²) in [7, 11) is 0. The van der Waals surface area contributed by atoms with Gasteiger partial charge in [-0.25, -0.2) is 0 Å². The molecule has 2 atom stereocenters. The van der Waals surface area contributed by atoms with Gasteiger partial charge in [-0.2, -0.15) is 0 Å². The molecule has 1 fully saturated rings. The lowest BCUT2D eigenvalue weighted by Crippen LogP contribution is -2.40. The van der Waals surface area contributed by atoms with Gasteiger partial charge in [0.1, 0.15) is 5.60 Å². The third kappa shape index (κ3) is 1.68. The quantitative estimate of drug-likeness (QED) is 0.798. The second kappa shape index (κ2) is 3.95. The van der Waals surface area contributed by atoms with E-state index in [4.69, 9.17) is 0 Å². The summed E-state index contributed by atoms with van der Waals surface area (Å²) < 4.78 is 0. The molecule has 82 valence electrons. The van der Waals surface area contributed by atoms with Gasteiger partial charge in [-0.05, 0) is 25.5 Å². The summed E-state index contributed by atoms with van der Waals surface area (Å²) in [5, 5.41) is 10.7. The number of nitrogens with zero attached hydrogens (tertiary/aromatic N) is 1. The van der Waals surface area contributed by atoms with E-state index in [0.29, 0.717) is 0 Å². The maximum Gasteiger partial charge on any atom is 0.106 e. The first-order valence-corrected chi connectivity index (χ1v) is 5.70. The topological polar surface area (TPSA) is 23.5 Å². The van der Waals surface area contributed by atoms with E-state index in [2.05, 4.69) is 18.7 Å². The van der Waals surface area contributed by atoms with Crippen molar-refractivity contribution in [2.24, 2.45) is 0 Å². The highest BCUT2D eigenvalue weighted by Crippen LogP contribution is 2.37. The highest BCUT2D eigenvalue weighted by atomic mass is 16.3. The molecule has 1 saturated heterocycles. The smallest absolute Gasteiger partial charge is 0.106 e. The summed E-state index contributed by atoms with van der Waals surface area (Å²) >= 11 is 0. The van der Waals surface area contributed by atoms with Crippen molar-refractivity contribution < 1.29 is 5.11 Å². The normalized spacial score (nSPS) is 32.1. The van der Waals surface area contributed by atoms with E-state index in [1.165, 1.54) is 0 Å². The molecule has 0 unspecified atom stereocenters. The molecular formula is C13H19NO. The van der Waals surface area contributed by atoms with Gasteiger partial charge in [0.15, 0.2) is 0 Å². The minimum Gasteiger partial charge on any atom is -0.383 e. The standard InChI is InChI=1S/C13H19NO/c1-3-14-10-9-13(15,11(14)2)12-7-5-4-6-8-12/h4-8,11,15H,3,9-10H2,1-2H3/t11-,13+/m0/s1. The zero-order valence-corrected chi connectivity index (χ0v) is 9.48. The Labute approximate surface area is 91.5 Å². The van der Waals surface area contributed by atoms with Crippen molar-refractivity contribution in [1.29, 1.82) is 0 Å². The Morgan fingerprint density at radius 1 is 1.40 bits per heavy atom. The summed E-state index contributed by atoms with van der Waals surface area (Å²) in [6.45, 7) is 6.26. The van der Waals surface area contributed by atoms with E-state index in [-0.39, 0.29) is 6.04 Å². The second-order valence-corrected chi connectivity index (χ2v) is 4.34. The van der Waals surface area contributed by atoms with Crippen molar-refractivity contribution in [2.45, 2.75) is 31.9 Å². The maximum absolute atomic E-state index is 10.7. The van der Waals surface area contributed by atoms with Gasteiger partial charge in [0.25, 0.3) is 0 Å². The Morgan fingerprint density at radius 3 is 2.60 bits per heavy atom. The van der Waals surface area contributed by atoms with E-state index in [0.717, 1.165) is 25.1 Å². The number of hydrogen-bond acceptors (Lipinski definition) is 2. The van der Waals surface area contributed by atoms with Gasteiger partial charge in [0, 0.05) is 12.6 Å². The van der Waals surface area contributed by atoms with Crippen LogP contribution in [-0.4, -0.2) is 29.1 Å². The van der Waals surface area contributed by atoms with E-state index in [9.17, 15) is 5.11 Å². The number of benzene rings is 1. The van der Waals surface area contributed by atoms with E-state index in [1.54, 1.807) is 0 Å². The second-order valence-electron chi connectivity index (χ2n) is 4.34. The molecule has 2 nitrogen and oxygen atoms in total. The largest absolute Gasteiger partial charge is 0.383 e. The molecule has 2 heteroatoms. The van der Waals surface area contributed by atoms with Crippen LogP contribution in [0.4, 0.5) is 0 Å². The SMILES string of the molecule is CCN1CC[C@](O)(c2ccccc2)[C@@H]1C. The highest BCUT2D eigenvalue weighted by Gasteiger charge is 2.43. The van der Waals surface area contributed by atoms with Crippen LogP contribution in [-0.2, 0) is 5.60 Å². The number of likely N-dealkylation sites (tertiary alicyclic amines) is 1. The van der Waals surface area contributed by atoms with Gasteiger partial charge < -0.3 is 5.11 Å². The zero-order chi connectivity index (χ0) is 10.9. The summed E-state index contributed by atoms with van der Waals surface area (Å²) in [5.74, 6) is 0. The predicted molar refractivity (Wildman–Crippen MR) is 61.7 cm³/mol. The molecule has 0 aromatic heterocycles. The van der Waals surface area contributed by atoms with Crippen LogP contribution >= 0.6 is 0 Å². The molecule has 1 heterocycles. The molecule has 1 aliphatic rings. The molecule has 0 aliphatic carbocycles. The summed E-state index contributed by atoms with van der Waals surface area (Å²) in [5.41, 5.74) is 0.394. The van der Waals surface area contributed by atoms with Crippen molar-refractivity contribution in [2.75, 3.05) is 13.1 Å². The van der Waals surface area contributed by atoms with Crippen LogP contribution in [0.25, 0.3) is 0 Å². The Kier molecular flexibility index (Phi) is 2.81. The van der Waals surface area contributed by atoms with Crippen LogP contribution in [0.2, 0.25) is 0 Å².